The van der Waals surface area contributed by atoms with Crippen molar-refractivity contribution in [2.75, 3.05) is 13.7 Å². The largest absolute Gasteiger partial charge is 0.481 e. The van der Waals surface area contributed by atoms with Crippen LogP contribution in [0.4, 0.5) is 4.39 Å². The summed E-state index contributed by atoms with van der Waals surface area (Å²) in [5.41, 5.74) is 2.83. The number of carboxylic acid groups (broad SMARTS) is 1. The molecule has 1 aromatic heterocycles. The first-order chi connectivity index (χ1) is 13.4. The molecule has 0 aliphatic heterocycles. The van der Waals surface area contributed by atoms with Gasteiger partial charge in [0, 0.05) is 35.8 Å². The second kappa shape index (κ2) is 10.5. The first kappa shape index (κ1) is 21.5. The van der Waals surface area contributed by atoms with Gasteiger partial charge in [0.1, 0.15) is 11.6 Å². The maximum absolute atomic E-state index is 12.1. The smallest absolute Gasteiger partial charge is 0.341 e. The predicted octanol–water partition coefficient (Wildman–Crippen LogP) is 3.38. The van der Waals surface area contributed by atoms with Crippen molar-refractivity contribution in [3.05, 3.63) is 66.2 Å². The quantitative estimate of drug-likeness (QED) is 0.550. The Labute approximate surface area is 168 Å². The van der Waals surface area contributed by atoms with E-state index in [1.54, 1.807) is 29.1 Å². The Bertz CT molecular complexity index is 892. The summed E-state index contributed by atoms with van der Waals surface area (Å²) in [6, 6.07) is 11.7. The number of thiol groups is 1. The number of nitrogens with zero attached hydrogens (tertiary/aromatic N) is 2. The Morgan fingerprint density at radius 1 is 1.29 bits per heavy atom. The lowest BCUT2D eigenvalue weighted by molar-refractivity contribution is -0.139. The monoisotopic (exact) mass is 403 g/mol. The number of hydrogen-bond acceptors (Lipinski definition) is 5. The molecule has 3 rings (SSSR count). The van der Waals surface area contributed by atoms with E-state index in [9.17, 15) is 9.18 Å². The Morgan fingerprint density at radius 2 is 2.00 bits per heavy atom. The van der Waals surface area contributed by atoms with Crippen molar-refractivity contribution in [1.82, 2.24) is 15.1 Å². The highest BCUT2D eigenvalue weighted by molar-refractivity contribution is 7.80. The van der Waals surface area contributed by atoms with Gasteiger partial charge in [-0.2, -0.15) is 5.10 Å². The van der Waals surface area contributed by atoms with Crippen molar-refractivity contribution >= 4 is 18.6 Å². The Balaban J connectivity index is 0.000000292. The van der Waals surface area contributed by atoms with Gasteiger partial charge < -0.3 is 15.2 Å². The van der Waals surface area contributed by atoms with E-state index in [2.05, 4.69) is 23.0 Å². The fourth-order valence-corrected chi connectivity index (χ4v) is 2.53. The van der Waals surface area contributed by atoms with Crippen molar-refractivity contribution in [3.8, 4) is 16.9 Å². The number of halogens is 1. The van der Waals surface area contributed by atoms with Gasteiger partial charge in [0.25, 0.3) is 0 Å². The molecule has 0 radical (unpaired) electrons. The van der Waals surface area contributed by atoms with Gasteiger partial charge in [-0.15, -0.1) is 12.6 Å². The van der Waals surface area contributed by atoms with E-state index in [1.807, 2.05) is 32.4 Å². The Hall–Kier alpha value is -2.84. The van der Waals surface area contributed by atoms with Crippen LogP contribution in [0.3, 0.4) is 0 Å². The molecule has 6 nitrogen and oxygen atoms in total. The number of aryl methyl sites for hydroxylation is 1. The molecule has 2 aromatic carbocycles. The molecule has 0 atom stereocenters. The average molecular weight is 403 g/mol. The van der Waals surface area contributed by atoms with Gasteiger partial charge in [0.15, 0.2) is 6.61 Å². The first-order valence-corrected chi connectivity index (χ1v) is 8.89. The van der Waals surface area contributed by atoms with E-state index in [-0.39, 0.29) is 12.4 Å². The molecule has 1 heterocycles. The van der Waals surface area contributed by atoms with Gasteiger partial charge in [0.2, 0.25) is 0 Å². The van der Waals surface area contributed by atoms with Crippen LogP contribution in [0.25, 0.3) is 11.1 Å². The van der Waals surface area contributed by atoms with Crippen LogP contribution in [0.2, 0.25) is 0 Å². The molecule has 0 amide bonds. The second-order valence-electron chi connectivity index (χ2n) is 5.92. The summed E-state index contributed by atoms with van der Waals surface area (Å²) < 4.78 is 19.1. The zero-order valence-corrected chi connectivity index (χ0v) is 16.5. The summed E-state index contributed by atoms with van der Waals surface area (Å²) in [4.78, 5) is 11.4. The summed E-state index contributed by atoms with van der Waals surface area (Å²) >= 11 is 3.97. The number of hydrogen-bond donors (Lipinski definition) is 3. The van der Waals surface area contributed by atoms with Crippen LogP contribution in [0.15, 0.2) is 59.8 Å². The molecular weight excluding hydrogens is 381 g/mol. The van der Waals surface area contributed by atoms with Crippen molar-refractivity contribution in [2.24, 2.45) is 7.05 Å². The number of carboxylic acids is 1. The molecule has 2 N–H and O–H groups in total. The Kier molecular flexibility index (Phi) is 8.03. The highest BCUT2D eigenvalue weighted by Crippen LogP contribution is 2.30. The molecule has 0 saturated carbocycles. The number of ether oxygens (including phenoxy) is 1. The van der Waals surface area contributed by atoms with Crippen molar-refractivity contribution in [1.29, 1.82) is 0 Å². The summed E-state index contributed by atoms with van der Waals surface area (Å²) in [7, 11) is 3.71. The molecule has 0 spiro atoms. The predicted molar refractivity (Wildman–Crippen MR) is 108 cm³/mol. The van der Waals surface area contributed by atoms with Crippen molar-refractivity contribution in [2.45, 2.75) is 11.4 Å². The molecule has 3 aromatic rings. The standard InChI is InChI=1S/C14H17N3O3.C6H5FS/c1-15-6-10-3-4-13(20-9-14(18)19)12(5-10)11-7-16-17(2)8-11;7-5-1-3-6(8)4-2-5/h3-5,7-8,15H,6,9H2,1-2H3,(H,18,19);1-4,8H. The van der Waals surface area contributed by atoms with Crippen LogP contribution in [0, 0.1) is 5.82 Å². The zero-order chi connectivity index (χ0) is 20.5. The van der Waals surface area contributed by atoms with E-state index in [4.69, 9.17) is 9.84 Å². The second-order valence-corrected chi connectivity index (χ2v) is 6.44. The molecular formula is C20H22FN3O3S. The molecule has 0 bridgehead atoms. The van der Waals surface area contributed by atoms with Crippen molar-refractivity contribution < 1.29 is 19.0 Å². The Morgan fingerprint density at radius 3 is 2.54 bits per heavy atom. The van der Waals surface area contributed by atoms with E-state index < -0.39 is 5.97 Å². The minimum atomic E-state index is -0.999. The highest BCUT2D eigenvalue weighted by atomic mass is 32.1. The topological polar surface area (TPSA) is 76.4 Å². The van der Waals surface area contributed by atoms with Gasteiger partial charge in [-0.1, -0.05) is 6.07 Å². The lowest BCUT2D eigenvalue weighted by atomic mass is 10.0. The third-order valence-electron chi connectivity index (χ3n) is 3.62. The fraction of sp³-hybridized carbons (Fsp3) is 0.200. The van der Waals surface area contributed by atoms with Gasteiger partial charge >= 0.3 is 5.97 Å². The number of benzene rings is 2. The number of carbonyl (C=O) groups is 1. The number of aliphatic carboxylic acids is 1. The molecule has 8 heteroatoms. The van der Waals surface area contributed by atoms with Crippen LogP contribution >= 0.6 is 12.6 Å². The third-order valence-corrected chi connectivity index (χ3v) is 3.92. The van der Waals surface area contributed by atoms with Crippen molar-refractivity contribution in [3.63, 3.8) is 0 Å². The van der Waals surface area contributed by atoms with Gasteiger partial charge in [0.05, 0.1) is 6.20 Å². The third kappa shape index (κ3) is 6.71. The molecule has 0 saturated heterocycles. The molecule has 148 valence electrons. The summed E-state index contributed by atoms with van der Waals surface area (Å²) in [5, 5.41) is 15.9. The normalized spacial score (nSPS) is 10.1. The zero-order valence-electron chi connectivity index (χ0n) is 15.6. The summed E-state index contributed by atoms with van der Waals surface area (Å²) in [6.07, 6.45) is 3.60. The van der Waals surface area contributed by atoms with E-state index in [1.165, 1.54) is 12.1 Å². The lowest BCUT2D eigenvalue weighted by Crippen LogP contribution is -2.10. The fourth-order valence-electron chi connectivity index (χ4n) is 2.38. The first-order valence-electron chi connectivity index (χ1n) is 8.44. The number of aromatic nitrogens is 2. The van der Waals surface area contributed by atoms with Crippen LogP contribution in [-0.4, -0.2) is 34.5 Å². The van der Waals surface area contributed by atoms with E-state index in [0.29, 0.717) is 5.75 Å². The molecule has 0 fully saturated rings. The molecule has 0 unspecified atom stereocenters. The summed E-state index contributed by atoms with van der Waals surface area (Å²) in [6.45, 7) is 0.366. The molecule has 0 aliphatic rings. The maximum Gasteiger partial charge on any atom is 0.341 e. The van der Waals surface area contributed by atoms with E-state index >= 15 is 0 Å². The van der Waals surface area contributed by atoms with Crippen LogP contribution < -0.4 is 10.1 Å². The average Bonchev–Trinajstić information content (AvgIpc) is 3.10. The van der Waals surface area contributed by atoms with Crippen LogP contribution in [-0.2, 0) is 18.4 Å². The van der Waals surface area contributed by atoms with Gasteiger partial charge in [-0.25, -0.2) is 9.18 Å². The van der Waals surface area contributed by atoms with Gasteiger partial charge in [-0.3, -0.25) is 4.68 Å². The number of rotatable bonds is 6. The minimum absolute atomic E-state index is 0.220. The minimum Gasteiger partial charge on any atom is -0.481 e. The van der Waals surface area contributed by atoms with Crippen LogP contribution in [0.5, 0.6) is 5.75 Å². The molecule has 28 heavy (non-hydrogen) atoms. The van der Waals surface area contributed by atoms with Crippen LogP contribution in [0.1, 0.15) is 5.56 Å². The van der Waals surface area contributed by atoms with E-state index in [0.717, 1.165) is 28.1 Å². The van der Waals surface area contributed by atoms with Gasteiger partial charge in [-0.05, 0) is 49.0 Å². The highest BCUT2D eigenvalue weighted by Gasteiger charge is 2.11. The molecule has 0 aliphatic carbocycles. The maximum atomic E-state index is 12.1. The summed E-state index contributed by atoms with van der Waals surface area (Å²) in [5.74, 6) is -0.676. The SMILES string of the molecule is CNCc1ccc(OCC(=O)O)c(-c2cnn(C)c2)c1.Fc1ccc(S)cc1. The lowest BCUT2D eigenvalue weighted by Gasteiger charge is -2.11. The number of nitrogens with one attached hydrogen (secondary N) is 1.